The second-order valence-corrected chi connectivity index (χ2v) is 4.52. The molecule has 2 aromatic rings. The van der Waals surface area contributed by atoms with E-state index in [-0.39, 0.29) is 6.04 Å². The monoisotopic (exact) mass is 261 g/mol. The minimum absolute atomic E-state index is 0.244. The fourth-order valence-corrected chi connectivity index (χ4v) is 1.88. The van der Waals surface area contributed by atoms with Crippen molar-refractivity contribution in [1.82, 2.24) is 9.78 Å². The van der Waals surface area contributed by atoms with Crippen molar-refractivity contribution in [2.24, 2.45) is 0 Å². The minimum Gasteiger partial charge on any atom is -0.493 e. The van der Waals surface area contributed by atoms with Gasteiger partial charge in [0.25, 0.3) is 0 Å². The number of ether oxygens (including phenoxy) is 2. The lowest BCUT2D eigenvalue weighted by molar-refractivity contribution is 0.271. The third-order valence-electron chi connectivity index (χ3n) is 2.85. The van der Waals surface area contributed by atoms with E-state index in [4.69, 9.17) is 15.2 Å². The molecule has 5 nitrogen and oxygen atoms in total. The SMILES string of the molecule is COc1ccccc1OCc1c(N)cnn1C(C)C. The zero-order valence-corrected chi connectivity index (χ0v) is 11.5. The maximum Gasteiger partial charge on any atom is 0.161 e. The molecule has 0 amide bonds. The molecule has 102 valence electrons. The second kappa shape index (κ2) is 5.65. The largest absolute Gasteiger partial charge is 0.493 e. The molecule has 0 bridgehead atoms. The van der Waals surface area contributed by atoms with Crippen molar-refractivity contribution in [3.8, 4) is 11.5 Å². The Bertz CT molecular complexity index is 549. The van der Waals surface area contributed by atoms with Gasteiger partial charge in [0.2, 0.25) is 0 Å². The van der Waals surface area contributed by atoms with Crippen molar-refractivity contribution in [3.05, 3.63) is 36.2 Å². The smallest absolute Gasteiger partial charge is 0.161 e. The normalized spacial score (nSPS) is 10.7. The van der Waals surface area contributed by atoms with Crippen molar-refractivity contribution in [3.63, 3.8) is 0 Å². The molecule has 0 saturated heterocycles. The van der Waals surface area contributed by atoms with Crippen molar-refractivity contribution in [2.75, 3.05) is 12.8 Å². The summed E-state index contributed by atoms with van der Waals surface area (Å²) in [6.45, 7) is 4.47. The second-order valence-electron chi connectivity index (χ2n) is 4.52. The van der Waals surface area contributed by atoms with Crippen LogP contribution in [0, 0.1) is 0 Å². The lowest BCUT2D eigenvalue weighted by Crippen LogP contribution is -2.11. The number of hydrogen-bond donors (Lipinski definition) is 1. The molecule has 0 radical (unpaired) electrons. The van der Waals surface area contributed by atoms with E-state index in [0.717, 1.165) is 5.69 Å². The molecule has 1 aromatic heterocycles. The molecule has 0 fully saturated rings. The standard InChI is InChI=1S/C14H19N3O2/c1-10(2)17-12(11(15)8-16-17)9-19-14-7-5-4-6-13(14)18-3/h4-8,10H,9,15H2,1-3H3. The number of methoxy groups -OCH3 is 1. The van der Waals surface area contributed by atoms with E-state index in [2.05, 4.69) is 18.9 Å². The van der Waals surface area contributed by atoms with Gasteiger partial charge in [0.15, 0.2) is 11.5 Å². The van der Waals surface area contributed by atoms with Gasteiger partial charge in [-0.1, -0.05) is 12.1 Å². The summed E-state index contributed by atoms with van der Waals surface area (Å²) < 4.78 is 12.9. The summed E-state index contributed by atoms with van der Waals surface area (Å²) in [5.74, 6) is 1.40. The zero-order valence-electron chi connectivity index (χ0n) is 11.5. The summed E-state index contributed by atoms with van der Waals surface area (Å²) in [7, 11) is 1.62. The van der Waals surface area contributed by atoms with Crippen LogP contribution in [0.4, 0.5) is 5.69 Å². The molecule has 2 N–H and O–H groups in total. The number of nitrogen functional groups attached to an aromatic ring is 1. The minimum atomic E-state index is 0.244. The first kappa shape index (κ1) is 13.3. The molecule has 0 aliphatic rings. The Morgan fingerprint density at radius 3 is 2.58 bits per heavy atom. The van der Waals surface area contributed by atoms with Crippen LogP contribution in [0.15, 0.2) is 30.5 Å². The first-order valence-electron chi connectivity index (χ1n) is 6.21. The van der Waals surface area contributed by atoms with E-state index < -0.39 is 0 Å². The molecule has 0 atom stereocenters. The Kier molecular flexibility index (Phi) is 3.94. The van der Waals surface area contributed by atoms with Gasteiger partial charge < -0.3 is 15.2 Å². The summed E-state index contributed by atoms with van der Waals surface area (Å²) in [6.07, 6.45) is 1.65. The number of hydrogen-bond acceptors (Lipinski definition) is 4. The molecular formula is C14H19N3O2. The van der Waals surface area contributed by atoms with Crippen molar-refractivity contribution in [2.45, 2.75) is 26.5 Å². The molecule has 0 unspecified atom stereocenters. The van der Waals surface area contributed by atoms with Crippen LogP contribution in [0.3, 0.4) is 0 Å². The van der Waals surface area contributed by atoms with Gasteiger partial charge in [0.1, 0.15) is 6.61 Å². The quantitative estimate of drug-likeness (QED) is 0.898. The number of anilines is 1. The number of aromatic nitrogens is 2. The zero-order chi connectivity index (χ0) is 13.8. The molecule has 1 aromatic carbocycles. The number of rotatable bonds is 5. The van der Waals surface area contributed by atoms with Crippen molar-refractivity contribution >= 4 is 5.69 Å². The first-order chi connectivity index (χ1) is 9.13. The van der Waals surface area contributed by atoms with Crippen LogP contribution in [-0.2, 0) is 6.61 Å². The molecule has 5 heteroatoms. The summed E-state index contributed by atoms with van der Waals surface area (Å²) in [6, 6.07) is 7.77. The predicted molar refractivity (Wildman–Crippen MR) is 74.4 cm³/mol. The van der Waals surface area contributed by atoms with Gasteiger partial charge in [-0.05, 0) is 26.0 Å². The highest BCUT2D eigenvalue weighted by atomic mass is 16.5. The van der Waals surface area contributed by atoms with Crippen LogP contribution in [-0.4, -0.2) is 16.9 Å². The predicted octanol–water partition coefficient (Wildman–Crippen LogP) is 2.63. The molecule has 0 saturated carbocycles. The number of benzene rings is 1. The van der Waals surface area contributed by atoms with Gasteiger partial charge in [-0.3, -0.25) is 4.68 Å². The summed E-state index contributed by atoms with van der Waals surface area (Å²) in [5.41, 5.74) is 7.44. The van der Waals surface area contributed by atoms with Gasteiger partial charge >= 0.3 is 0 Å². The summed E-state index contributed by atoms with van der Waals surface area (Å²) in [5, 5.41) is 4.25. The van der Waals surface area contributed by atoms with Crippen LogP contribution in [0.2, 0.25) is 0 Å². The average molecular weight is 261 g/mol. The number of nitrogens with zero attached hydrogens (tertiary/aromatic N) is 2. The van der Waals surface area contributed by atoms with Crippen LogP contribution >= 0.6 is 0 Å². The highest BCUT2D eigenvalue weighted by Crippen LogP contribution is 2.27. The molecule has 2 rings (SSSR count). The fraction of sp³-hybridized carbons (Fsp3) is 0.357. The molecule has 1 heterocycles. The fourth-order valence-electron chi connectivity index (χ4n) is 1.88. The van der Waals surface area contributed by atoms with E-state index in [1.54, 1.807) is 13.3 Å². The highest BCUT2D eigenvalue weighted by Gasteiger charge is 2.12. The van der Waals surface area contributed by atoms with Gasteiger partial charge in [-0.15, -0.1) is 0 Å². The molecule has 0 spiro atoms. The van der Waals surface area contributed by atoms with Gasteiger partial charge in [0, 0.05) is 6.04 Å². The van der Waals surface area contributed by atoms with Crippen molar-refractivity contribution in [1.29, 1.82) is 0 Å². The number of nitrogens with two attached hydrogens (primary N) is 1. The van der Waals surface area contributed by atoms with Gasteiger partial charge in [-0.2, -0.15) is 5.10 Å². The van der Waals surface area contributed by atoms with E-state index in [9.17, 15) is 0 Å². The van der Waals surface area contributed by atoms with Gasteiger partial charge in [-0.25, -0.2) is 0 Å². The van der Waals surface area contributed by atoms with Crippen LogP contribution < -0.4 is 15.2 Å². The van der Waals surface area contributed by atoms with E-state index >= 15 is 0 Å². The number of para-hydroxylation sites is 2. The Morgan fingerprint density at radius 1 is 1.26 bits per heavy atom. The maximum atomic E-state index is 5.92. The van der Waals surface area contributed by atoms with Crippen LogP contribution in [0.5, 0.6) is 11.5 Å². The molecule has 0 aliphatic carbocycles. The lowest BCUT2D eigenvalue weighted by Gasteiger charge is -2.14. The van der Waals surface area contributed by atoms with Crippen molar-refractivity contribution < 1.29 is 9.47 Å². The van der Waals surface area contributed by atoms with E-state index in [0.29, 0.717) is 23.8 Å². The van der Waals surface area contributed by atoms with E-state index in [1.165, 1.54) is 0 Å². The van der Waals surface area contributed by atoms with Crippen LogP contribution in [0.25, 0.3) is 0 Å². The molecular weight excluding hydrogens is 242 g/mol. The molecule has 19 heavy (non-hydrogen) atoms. The Morgan fingerprint density at radius 2 is 1.95 bits per heavy atom. The Hall–Kier alpha value is -2.17. The summed E-state index contributed by atoms with van der Waals surface area (Å²) >= 11 is 0. The Labute approximate surface area is 112 Å². The highest BCUT2D eigenvalue weighted by molar-refractivity contribution is 5.42. The third-order valence-corrected chi connectivity index (χ3v) is 2.85. The lowest BCUT2D eigenvalue weighted by atomic mass is 10.3. The third kappa shape index (κ3) is 2.81. The maximum absolute atomic E-state index is 5.92. The topological polar surface area (TPSA) is 62.3 Å². The first-order valence-corrected chi connectivity index (χ1v) is 6.21. The summed E-state index contributed by atoms with van der Waals surface area (Å²) in [4.78, 5) is 0. The Balaban J connectivity index is 2.17. The average Bonchev–Trinajstić information content (AvgIpc) is 2.78. The van der Waals surface area contributed by atoms with Crippen LogP contribution in [0.1, 0.15) is 25.6 Å². The van der Waals surface area contributed by atoms with Gasteiger partial charge in [0.05, 0.1) is 24.7 Å². The molecule has 0 aliphatic heterocycles. The van der Waals surface area contributed by atoms with E-state index in [1.807, 2.05) is 28.9 Å².